The second-order valence-electron chi connectivity index (χ2n) is 5.44. The topological polar surface area (TPSA) is 49.4 Å². The number of Topliss-reactive ketones (excluding diaryl/α,β-unsaturated/α-hetero) is 1. The highest BCUT2D eigenvalue weighted by Crippen LogP contribution is 2.31. The zero-order valence-corrected chi connectivity index (χ0v) is 11.3. The summed E-state index contributed by atoms with van der Waals surface area (Å²) in [6, 6.07) is 0. The highest BCUT2D eigenvalue weighted by atomic mass is 16.2. The van der Waals surface area contributed by atoms with Crippen molar-refractivity contribution in [2.45, 2.75) is 39.0 Å². The predicted molar refractivity (Wildman–Crippen MR) is 70.2 cm³/mol. The van der Waals surface area contributed by atoms with Crippen LogP contribution < -0.4 is 5.32 Å². The van der Waals surface area contributed by atoms with Crippen LogP contribution >= 0.6 is 0 Å². The van der Waals surface area contributed by atoms with E-state index in [1.807, 2.05) is 11.8 Å². The van der Waals surface area contributed by atoms with E-state index in [4.69, 9.17) is 0 Å². The maximum Gasteiger partial charge on any atom is 0.225 e. The third-order valence-corrected chi connectivity index (χ3v) is 4.31. The van der Waals surface area contributed by atoms with Crippen molar-refractivity contribution >= 4 is 11.7 Å². The van der Waals surface area contributed by atoms with E-state index in [1.165, 1.54) is 0 Å². The van der Waals surface area contributed by atoms with Gasteiger partial charge in [0.15, 0.2) is 0 Å². The van der Waals surface area contributed by atoms with Crippen LogP contribution in [0.25, 0.3) is 0 Å². The van der Waals surface area contributed by atoms with E-state index in [-0.39, 0.29) is 11.8 Å². The van der Waals surface area contributed by atoms with Gasteiger partial charge >= 0.3 is 0 Å². The van der Waals surface area contributed by atoms with Crippen molar-refractivity contribution in [3.63, 3.8) is 0 Å². The molecule has 0 aromatic carbocycles. The largest absolute Gasteiger partial charge is 0.340 e. The second-order valence-corrected chi connectivity index (χ2v) is 5.44. The SMILES string of the molecule is CCC(=O)C1CCC(C(=O)N2CCNCC2)CC1. The molecule has 2 fully saturated rings. The lowest BCUT2D eigenvalue weighted by atomic mass is 9.79. The van der Waals surface area contributed by atoms with Crippen LogP contribution in [0.3, 0.4) is 0 Å². The Hall–Kier alpha value is -0.900. The summed E-state index contributed by atoms with van der Waals surface area (Å²) in [7, 11) is 0. The minimum atomic E-state index is 0.170. The summed E-state index contributed by atoms with van der Waals surface area (Å²) in [5.41, 5.74) is 0. The normalized spacial score (nSPS) is 29.1. The molecule has 2 aliphatic rings. The van der Waals surface area contributed by atoms with Crippen molar-refractivity contribution in [1.29, 1.82) is 0 Å². The Bertz CT molecular complexity index is 303. The Kier molecular flexibility index (Phi) is 4.75. The van der Waals surface area contributed by atoms with E-state index >= 15 is 0 Å². The molecule has 1 aliphatic carbocycles. The smallest absolute Gasteiger partial charge is 0.225 e. The summed E-state index contributed by atoms with van der Waals surface area (Å²) < 4.78 is 0. The van der Waals surface area contributed by atoms with E-state index in [9.17, 15) is 9.59 Å². The number of hydrogen-bond donors (Lipinski definition) is 1. The summed E-state index contributed by atoms with van der Waals surface area (Å²) in [5, 5.41) is 3.26. The van der Waals surface area contributed by atoms with E-state index in [0.717, 1.165) is 51.9 Å². The van der Waals surface area contributed by atoms with Crippen molar-refractivity contribution in [2.75, 3.05) is 26.2 Å². The van der Waals surface area contributed by atoms with Gasteiger partial charge < -0.3 is 10.2 Å². The fraction of sp³-hybridized carbons (Fsp3) is 0.857. The lowest BCUT2D eigenvalue weighted by Crippen LogP contribution is -2.49. The first-order valence-corrected chi connectivity index (χ1v) is 7.24. The number of piperazine rings is 1. The standard InChI is InChI=1S/C14H24N2O2/c1-2-13(17)11-3-5-12(6-4-11)14(18)16-9-7-15-8-10-16/h11-12,15H,2-10H2,1H3. The molecule has 0 unspecified atom stereocenters. The molecule has 1 N–H and O–H groups in total. The van der Waals surface area contributed by atoms with Crippen molar-refractivity contribution in [1.82, 2.24) is 10.2 Å². The van der Waals surface area contributed by atoms with E-state index < -0.39 is 0 Å². The van der Waals surface area contributed by atoms with Crippen molar-refractivity contribution in [3.05, 3.63) is 0 Å². The number of nitrogens with one attached hydrogen (secondary N) is 1. The van der Waals surface area contributed by atoms with Crippen LogP contribution in [0.1, 0.15) is 39.0 Å². The van der Waals surface area contributed by atoms with Gasteiger partial charge in [-0.05, 0) is 25.7 Å². The minimum Gasteiger partial charge on any atom is -0.340 e. The number of rotatable bonds is 3. The third kappa shape index (κ3) is 3.10. The van der Waals surface area contributed by atoms with Crippen molar-refractivity contribution in [2.24, 2.45) is 11.8 Å². The molecule has 0 aromatic heterocycles. The molecule has 1 aliphatic heterocycles. The summed E-state index contributed by atoms with van der Waals surface area (Å²) in [4.78, 5) is 25.9. The third-order valence-electron chi connectivity index (χ3n) is 4.31. The van der Waals surface area contributed by atoms with E-state index in [1.54, 1.807) is 0 Å². The van der Waals surface area contributed by atoms with Gasteiger partial charge in [-0.25, -0.2) is 0 Å². The first-order valence-electron chi connectivity index (χ1n) is 7.24. The molecule has 1 saturated heterocycles. The number of hydrogen-bond acceptors (Lipinski definition) is 3. The zero-order chi connectivity index (χ0) is 13.0. The molecule has 102 valence electrons. The Balaban J connectivity index is 1.81. The van der Waals surface area contributed by atoms with Crippen molar-refractivity contribution in [3.8, 4) is 0 Å². The summed E-state index contributed by atoms with van der Waals surface area (Å²) in [6.07, 6.45) is 4.27. The monoisotopic (exact) mass is 252 g/mol. The quantitative estimate of drug-likeness (QED) is 0.821. The molecule has 4 heteroatoms. The molecule has 0 radical (unpaired) electrons. The number of nitrogens with zero attached hydrogens (tertiary/aromatic N) is 1. The molecule has 0 bridgehead atoms. The molecular formula is C14H24N2O2. The van der Waals surface area contributed by atoms with Gasteiger partial charge in [0.25, 0.3) is 0 Å². The highest BCUT2D eigenvalue weighted by Gasteiger charge is 2.31. The number of carbonyl (C=O) groups is 2. The zero-order valence-electron chi connectivity index (χ0n) is 11.3. The van der Waals surface area contributed by atoms with Gasteiger partial charge in [0.05, 0.1) is 0 Å². The minimum absolute atomic E-state index is 0.170. The molecule has 0 aromatic rings. The highest BCUT2D eigenvalue weighted by molar-refractivity contribution is 5.82. The lowest BCUT2D eigenvalue weighted by molar-refractivity contribution is -0.138. The fourth-order valence-corrected chi connectivity index (χ4v) is 3.09. The van der Waals surface area contributed by atoms with Crippen LogP contribution in [-0.2, 0) is 9.59 Å². The number of ketones is 1. The number of carbonyl (C=O) groups excluding carboxylic acids is 2. The Labute approximate surface area is 109 Å². The maximum atomic E-state index is 12.3. The van der Waals surface area contributed by atoms with Gasteiger partial charge in [-0.15, -0.1) is 0 Å². The van der Waals surface area contributed by atoms with Crippen LogP contribution in [0.5, 0.6) is 0 Å². The average molecular weight is 252 g/mol. The van der Waals surface area contributed by atoms with E-state index in [0.29, 0.717) is 18.1 Å². The molecule has 0 spiro atoms. The molecule has 2 rings (SSSR count). The lowest BCUT2D eigenvalue weighted by Gasteiger charge is -2.33. The van der Waals surface area contributed by atoms with E-state index in [2.05, 4.69) is 5.32 Å². The Morgan fingerprint density at radius 2 is 1.61 bits per heavy atom. The van der Waals surface area contributed by atoms with Crippen LogP contribution in [0, 0.1) is 11.8 Å². The maximum absolute atomic E-state index is 12.3. The molecule has 1 amide bonds. The average Bonchev–Trinajstić information content (AvgIpc) is 2.47. The summed E-state index contributed by atoms with van der Waals surface area (Å²) >= 11 is 0. The molecule has 0 atom stereocenters. The summed E-state index contributed by atoms with van der Waals surface area (Å²) in [5.74, 6) is 1.09. The van der Waals surface area contributed by atoms with Crippen LogP contribution in [0.2, 0.25) is 0 Å². The first-order chi connectivity index (χ1) is 8.72. The molecule has 1 saturated carbocycles. The van der Waals surface area contributed by atoms with Gasteiger partial charge in [-0.1, -0.05) is 6.92 Å². The molecule has 1 heterocycles. The van der Waals surface area contributed by atoms with Crippen LogP contribution in [0.4, 0.5) is 0 Å². The van der Waals surface area contributed by atoms with Gasteiger partial charge in [0.2, 0.25) is 5.91 Å². The van der Waals surface area contributed by atoms with Crippen LogP contribution in [-0.4, -0.2) is 42.8 Å². The Morgan fingerprint density at radius 3 is 2.17 bits per heavy atom. The Morgan fingerprint density at radius 1 is 1.06 bits per heavy atom. The predicted octanol–water partition coefficient (Wildman–Crippen LogP) is 1.20. The molecule has 18 heavy (non-hydrogen) atoms. The molecular weight excluding hydrogens is 228 g/mol. The van der Waals surface area contributed by atoms with Gasteiger partial charge in [0.1, 0.15) is 5.78 Å². The van der Waals surface area contributed by atoms with Gasteiger partial charge in [0, 0.05) is 44.4 Å². The van der Waals surface area contributed by atoms with Crippen LogP contribution in [0.15, 0.2) is 0 Å². The van der Waals surface area contributed by atoms with Gasteiger partial charge in [-0.3, -0.25) is 9.59 Å². The van der Waals surface area contributed by atoms with Crippen molar-refractivity contribution < 1.29 is 9.59 Å². The summed E-state index contributed by atoms with van der Waals surface area (Å²) in [6.45, 7) is 5.43. The molecule has 4 nitrogen and oxygen atoms in total. The van der Waals surface area contributed by atoms with Gasteiger partial charge in [-0.2, -0.15) is 0 Å². The fourth-order valence-electron chi connectivity index (χ4n) is 3.09. The first kappa shape index (κ1) is 13.5. The number of amides is 1. The second kappa shape index (κ2) is 6.32.